The molecule has 6 nitrogen and oxygen atoms in total. The van der Waals surface area contributed by atoms with Crippen LogP contribution < -0.4 is 5.73 Å². The van der Waals surface area contributed by atoms with Crippen molar-refractivity contribution in [3.05, 3.63) is 52.3 Å². The highest BCUT2D eigenvalue weighted by Crippen LogP contribution is 2.24. The zero-order chi connectivity index (χ0) is 18.1. The van der Waals surface area contributed by atoms with Gasteiger partial charge in [0.25, 0.3) is 5.91 Å². The summed E-state index contributed by atoms with van der Waals surface area (Å²) in [5.74, 6) is -0.674. The molecular weight excluding hydrogens is 342 g/mol. The van der Waals surface area contributed by atoms with Gasteiger partial charge in [-0.05, 0) is 44.2 Å². The van der Waals surface area contributed by atoms with Gasteiger partial charge in [0.1, 0.15) is 0 Å². The molecule has 1 atom stereocenters. The van der Waals surface area contributed by atoms with E-state index < -0.39 is 12.0 Å². The zero-order valence-electron chi connectivity index (χ0n) is 14.2. The molecule has 7 heteroatoms. The van der Waals surface area contributed by atoms with Crippen LogP contribution in [-0.4, -0.2) is 47.1 Å². The highest BCUT2D eigenvalue weighted by Gasteiger charge is 2.30. The lowest BCUT2D eigenvalue weighted by molar-refractivity contribution is -0.133. The number of hydrogen-bond donors (Lipinski definition) is 1. The minimum atomic E-state index is -0.752. The van der Waals surface area contributed by atoms with E-state index in [9.17, 15) is 9.59 Å². The Morgan fingerprint density at radius 3 is 2.56 bits per heavy atom. The van der Waals surface area contributed by atoms with Crippen LogP contribution in [0.15, 0.2) is 30.3 Å². The van der Waals surface area contributed by atoms with Gasteiger partial charge < -0.3 is 19.9 Å². The molecule has 0 radical (unpaired) electrons. The van der Waals surface area contributed by atoms with Crippen LogP contribution in [0.25, 0.3) is 5.69 Å². The molecule has 1 aliphatic heterocycles. The summed E-state index contributed by atoms with van der Waals surface area (Å²) in [6.07, 6.45) is -0.752. The van der Waals surface area contributed by atoms with E-state index in [-0.39, 0.29) is 12.5 Å². The van der Waals surface area contributed by atoms with Gasteiger partial charge in [0.05, 0.1) is 18.7 Å². The van der Waals surface area contributed by atoms with Gasteiger partial charge in [-0.1, -0.05) is 11.6 Å². The van der Waals surface area contributed by atoms with Gasteiger partial charge in [0.15, 0.2) is 6.10 Å². The molecule has 3 rings (SSSR count). The summed E-state index contributed by atoms with van der Waals surface area (Å²) in [6, 6.07) is 9.32. The molecule has 0 saturated carbocycles. The second kappa shape index (κ2) is 6.90. The Morgan fingerprint density at radius 1 is 1.24 bits per heavy atom. The van der Waals surface area contributed by atoms with Crippen molar-refractivity contribution in [1.29, 1.82) is 0 Å². The van der Waals surface area contributed by atoms with Gasteiger partial charge in [-0.2, -0.15) is 0 Å². The fourth-order valence-corrected chi connectivity index (χ4v) is 3.27. The molecule has 0 spiro atoms. The molecule has 132 valence electrons. The molecule has 2 heterocycles. The predicted octanol–water partition coefficient (Wildman–Crippen LogP) is 2.07. The van der Waals surface area contributed by atoms with Crippen LogP contribution in [0.2, 0.25) is 5.02 Å². The van der Waals surface area contributed by atoms with Gasteiger partial charge in [-0.15, -0.1) is 0 Å². The Kier molecular flexibility index (Phi) is 4.83. The SMILES string of the molecule is Cc1cc(C(=O)N2CCOC(C(N)=O)C2)c(C)n1-c1ccc(Cl)cc1. The number of benzene rings is 1. The van der Waals surface area contributed by atoms with Crippen LogP contribution in [0, 0.1) is 13.8 Å². The molecule has 2 N–H and O–H groups in total. The van der Waals surface area contributed by atoms with Gasteiger partial charge in [0, 0.05) is 28.6 Å². The summed E-state index contributed by atoms with van der Waals surface area (Å²) in [6.45, 7) is 4.77. The number of rotatable bonds is 3. The minimum absolute atomic E-state index is 0.122. The maximum atomic E-state index is 12.9. The quantitative estimate of drug-likeness (QED) is 0.909. The number of aryl methyl sites for hydroxylation is 1. The number of hydrogen-bond acceptors (Lipinski definition) is 3. The Labute approximate surface area is 151 Å². The lowest BCUT2D eigenvalue weighted by Crippen LogP contribution is -2.50. The first-order valence-corrected chi connectivity index (χ1v) is 8.41. The minimum Gasteiger partial charge on any atom is -0.367 e. The third kappa shape index (κ3) is 3.41. The Hall–Kier alpha value is -2.31. The van der Waals surface area contributed by atoms with Crippen molar-refractivity contribution in [2.24, 2.45) is 5.73 Å². The monoisotopic (exact) mass is 361 g/mol. The molecule has 1 saturated heterocycles. The van der Waals surface area contributed by atoms with Crippen LogP contribution in [0.5, 0.6) is 0 Å². The van der Waals surface area contributed by atoms with Crippen molar-refractivity contribution in [1.82, 2.24) is 9.47 Å². The van der Waals surface area contributed by atoms with E-state index in [1.807, 2.05) is 48.7 Å². The lowest BCUT2D eigenvalue weighted by Gasteiger charge is -2.31. The van der Waals surface area contributed by atoms with Crippen LogP contribution in [0.3, 0.4) is 0 Å². The molecular formula is C18H20ClN3O3. The third-order valence-electron chi connectivity index (χ3n) is 4.42. The summed E-state index contributed by atoms with van der Waals surface area (Å²) >= 11 is 5.96. The predicted molar refractivity (Wildman–Crippen MR) is 95.1 cm³/mol. The average molecular weight is 362 g/mol. The normalized spacial score (nSPS) is 17.6. The van der Waals surface area contributed by atoms with Crippen LogP contribution in [0.4, 0.5) is 0 Å². The van der Waals surface area contributed by atoms with E-state index in [4.69, 9.17) is 22.1 Å². The van der Waals surface area contributed by atoms with E-state index in [1.54, 1.807) is 4.90 Å². The first kappa shape index (κ1) is 17.5. The summed E-state index contributed by atoms with van der Waals surface area (Å²) in [5, 5.41) is 0.660. The van der Waals surface area contributed by atoms with E-state index in [2.05, 4.69) is 0 Å². The van der Waals surface area contributed by atoms with Gasteiger partial charge in [0.2, 0.25) is 5.91 Å². The molecule has 1 aliphatic rings. The fraction of sp³-hybridized carbons (Fsp3) is 0.333. The number of amides is 2. The maximum absolute atomic E-state index is 12.9. The highest BCUT2D eigenvalue weighted by molar-refractivity contribution is 6.30. The van der Waals surface area contributed by atoms with E-state index >= 15 is 0 Å². The Morgan fingerprint density at radius 2 is 1.92 bits per heavy atom. The standard InChI is InChI=1S/C18H20ClN3O3/c1-11-9-15(12(2)22(11)14-5-3-13(19)4-6-14)18(24)21-7-8-25-16(10-21)17(20)23/h3-6,9,16H,7-8,10H2,1-2H3,(H2,20,23). The van der Waals surface area contributed by atoms with Crippen molar-refractivity contribution in [2.75, 3.05) is 19.7 Å². The van der Waals surface area contributed by atoms with Crippen LogP contribution >= 0.6 is 11.6 Å². The molecule has 0 aliphatic carbocycles. The van der Waals surface area contributed by atoms with Gasteiger partial charge in [-0.25, -0.2) is 0 Å². The number of primary amides is 1. The first-order valence-electron chi connectivity index (χ1n) is 8.03. The van der Waals surface area contributed by atoms with Crippen molar-refractivity contribution in [2.45, 2.75) is 20.0 Å². The molecule has 1 unspecified atom stereocenters. The van der Waals surface area contributed by atoms with Crippen molar-refractivity contribution in [3.63, 3.8) is 0 Å². The molecule has 25 heavy (non-hydrogen) atoms. The molecule has 1 aromatic heterocycles. The van der Waals surface area contributed by atoms with Gasteiger partial charge in [-0.3, -0.25) is 9.59 Å². The summed E-state index contributed by atoms with van der Waals surface area (Å²) in [4.78, 5) is 25.9. The molecule has 2 aromatic rings. The van der Waals surface area contributed by atoms with E-state index in [0.29, 0.717) is 23.7 Å². The van der Waals surface area contributed by atoms with Gasteiger partial charge >= 0.3 is 0 Å². The second-order valence-corrected chi connectivity index (χ2v) is 6.55. The van der Waals surface area contributed by atoms with Crippen LogP contribution in [-0.2, 0) is 9.53 Å². The maximum Gasteiger partial charge on any atom is 0.255 e. The number of halogens is 1. The van der Waals surface area contributed by atoms with Crippen LogP contribution in [0.1, 0.15) is 21.7 Å². The Balaban J connectivity index is 1.90. The fourth-order valence-electron chi connectivity index (χ4n) is 3.14. The summed E-state index contributed by atoms with van der Waals surface area (Å²) in [5.41, 5.74) is 8.63. The smallest absolute Gasteiger partial charge is 0.255 e. The second-order valence-electron chi connectivity index (χ2n) is 6.11. The number of carbonyl (C=O) groups excluding carboxylic acids is 2. The zero-order valence-corrected chi connectivity index (χ0v) is 14.9. The number of nitrogens with zero attached hydrogens (tertiary/aromatic N) is 2. The topological polar surface area (TPSA) is 77.6 Å². The summed E-state index contributed by atoms with van der Waals surface area (Å²) < 4.78 is 7.32. The van der Waals surface area contributed by atoms with E-state index in [0.717, 1.165) is 17.1 Å². The highest BCUT2D eigenvalue weighted by atomic mass is 35.5. The molecule has 1 aromatic carbocycles. The van der Waals surface area contributed by atoms with Crippen molar-refractivity contribution in [3.8, 4) is 5.69 Å². The number of nitrogens with two attached hydrogens (primary N) is 1. The first-order chi connectivity index (χ1) is 11.9. The third-order valence-corrected chi connectivity index (χ3v) is 4.67. The number of ether oxygens (including phenoxy) is 1. The average Bonchev–Trinajstić information content (AvgIpc) is 2.90. The lowest BCUT2D eigenvalue weighted by atomic mass is 10.2. The number of carbonyl (C=O) groups is 2. The van der Waals surface area contributed by atoms with Crippen molar-refractivity contribution >= 4 is 23.4 Å². The van der Waals surface area contributed by atoms with E-state index in [1.165, 1.54) is 0 Å². The number of morpholine rings is 1. The van der Waals surface area contributed by atoms with Crippen molar-refractivity contribution < 1.29 is 14.3 Å². The Bertz CT molecular complexity index is 814. The summed E-state index contributed by atoms with van der Waals surface area (Å²) in [7, 11) is 0. The molecule has 0 bridgehead atoms. The number of aromatic nitrogens is 1. The molecule has 2 amide bonds. The largest absolute Gasteiger partial charge is 0.367 e. The molecule has 1 fully saturated rings.